The molecule has 1 aromatic carbocycles. The predicted molar refractivity (Wildman–Crippen MR) is 80.5 cm³/mol. The van der Waals surface area contributed by atoms with Crippen LogP contribution in [0.5, 0.6) is 0 Å². The molecule has 0 aliphatic rings. The van der Waals surface area contributed by atoms with Crippen LogP contribution in [-0.4, -0.2) is 32.6 Å². The molecule has 0 spiro atoms. The lowest BCUT2D eigenvalue weighted by Gasteiger charge is -2.25. The predicted octanol–water partition coefficient (Wildman–Crippen LogP) is 1.68. The SMILES string of the molecule is CCNC(=O)CN(CC)c1ccc(C)cc1CNC. The monoisotopic (exact) mass is 263 g/mol. The summed E-state index contributed by atoms with van der Waals surface area (Å²) in [6, 6.07) is 6.37. The zero-order valence-electron chi connectivity index (χ0n) is 12.4. The first-order valence-electron chi connectivity index (χ1n) is 6.88. The highest BCUT2D eigenvalue weighted by Gasteiger charge is 2.12. The number of anilines is 1. The third-order valence-corrected chi connectivity index (χ3v) is 3.03. The van der Waals surface area contributed by atoms with Crippen LogP contribution in [0.3, 0.4) is 0 Å². The van der Waals surface area contributed by atoms with Gasteiger partial charge >= 0.3 is 0 Å². The van der Waals surface area contributed by atoms with Crippen molar-refractivity contribution >= 4 is 11.6 Å². The third-order valence-electron chi connectivity index (χ3n) is 3.03. The van der Waals surface area contributed by atoms with Gasteiger partial charge in [0.25, 0.3) is 0 Å². The van der Waals surface area contributed by atoms with Gasteiger partial charge < -0.3 is 15.5 Å². The molecule has 0 aromatic heterocycles. The van der Waals surface area contributed by atoms with E-state index in [4.69, 9.17) is 0 Å². The number of likely N-dealkylation sites (N-methyl/N-ethyl adjacent to an activating group) is 2. The smallest absolute Gasteiger partial charge is 0.239 e. The van der Waals surface area contributed by atoms with Crippen LogP contribution in [0.15, 0.2) is 18.2 Å². The van der Waals surface area contributed by atoms with Crippen LogP contribution in [0, 0.1) is 6.92 Å². The molecule has 0 aliphatic heterocycles. The number of carbonyl (C=O) groups is 1. The van der Waals surface area contributed by atoms with E-state index < -0.39 is 0 Å². The lowest BCUT2D eigenvalue weighted by atomic mass is 10.1. The van der Waals surface area contributed by atoms with Gasteiger partial charge in [0.2, 0.25) is 5.91 Å². The minimum atomic E-state index is 0.0698. The number of carbonyl (C=O) groups excluding carboxylic acids is 1. The Balaban J connectivity index is 2.93. The maximum Gasteiger partial charge on any atom is 0.239 e. The molecule has 0 unspecified atom stereocenters. The highest BCUT2D eigenvalue weighted by molar-refractivity contribution is 5.81. The second-order valence-electron chi connectivity index (χ2n) is 4.63. The average molecular weight is 263 g/mol. The summed E-state index contributed by atoms with van der Waals surface area (Å²) >= 11 is 0. The number of hydrogen-bond donors (Lipinski definition) is 2. The Labute approximate surface area is 116 Å². The number of amides is 1. The molecule has 0 aliphatic carbocycles. The van der Waals surface area contributed by atoms with Crippen molar-refractivity contribution in [2.45, 2.75) is 27.3 Å². The lowest BCUT2D eigenvalue weighted by molar-refractivity contribution is -0.119. The summed E-state index contributed by atoms with van der Waals surface area (Å²) in [4.78, 5) is 13.9. The Morgan fingerprint density at radius 2 is 2.05 bits per heavy atom. The van der Waals surface area contributed by atoms with E-state index in [-0.39, 0.29) is 5.91 Å². The molecule has 0 fully saturated rings. The number of nitrogens with zero attached hydrogens (tertiary/aromatic N) is 1. The first-order valence-corrected chi connectivity index (χ1v) is 6.88. The summed E-state index contributed by atoms with van der Waals surface area (Å²) in [6.07, 6.45) is 0. The van der Waals surface area contributed by atoms with Gasteiger partial charge in [-0.3, -0.25) is 4.79 Å². The topological polar surface area (TPSA) is 44.4 Å². The molecule has 4 heteroatoms. The second-order valence-corrected chi connectivity index (χ2v) is 4.63. The van der Waals surface area contributed by atoms with Crippen LogP contribution >= 0.6 is 0 Å². The molecule has 2 N–H and O–H groups in total. The van der Waals surface area contributed by atoms with Crippen molar-refractivity contribution in [3.05, 3.63) is 29.3 Å². The van der Waals surface area contributed by atoms with Gasteiger partial charge in [-0.25, -0.2) is 0 Å². The van der Waals surface area contributed by atoms with Gasteiger partial charge in [0.05, 0.1) is 6.54 Å². The minimum absolute atomic E-state index is 0.0698. The van der Waals surface area contributed by atoms with Gasteiger partial charge in [-0.2, -0.15) is 0 Å². The number of nitrogens with one attached hydrogen (secondary N) is 2. The number of benzene rings is 1. The summed E-state index contributed by atoms with van der Waals surface area (Å²) in [7, 11) is 1.94. The highest BCUT2D eigenvalue weighted by atomic mass is 16.2. The number of rotatable bonds is 7. The Bertz CT molecular complexity index is 418. The minimum Gasteiger partial charge on any atom is -0.362 e. The summed E-state index contributed by atoms with van der Waals surface area (Å²) in [5.41, 5.74) is 3.60. The Morgan fingerprint density at radius 1 is 1.32 bits per heavy atom. The van der Waals surface area contributed by atoms with Crippen molar-refractivity contribution in [2.24, 2.45) is 0 Å². The molecule has 4 nitrogen and oxygen atoms in total. The van der Waals surface area contributed by atoms with E-state index in [9.17, 15) is 4.79 Å². The maximum absolute atomic E-state index is 11.8. The molecule has 0 bridgehead atoms. The molecular weight excluding hydrogens is 238 g/mol. The largest absolute Gasteiger partial charge is 0.362 e. The van der Waals surface area contributed by atoms with E-state index in [2.05, 4.69) is 47.6 Å². The Kier molecular flexibility index (Phi) is 6.36. The van der Waals surface area contributed by atoms with Gasteiger partial charge in [-0.1, -0.05) is 17.7 Å². The molecule has 0 heterocycles. The summed E-state index contributed by atoms with van der Waals surface area (Å²) in [6.45, 7) is 8.80. The first-order chi connectivity index (χ1) is 9.12. The second kappa shape index (κ2) is 7.79. The number of hydrogen-bond acceptors (Lipinski definition) is 3. The average Bonchev–Trinajstić information content (AvgIpc) is 2.37. The van der Waals surface area contributed by atoms with Crippen molar-refractivity contribution < 1.29 is 4.79 Å². The van der Waals surface area contributed by atoms with Crippen LogP contribution in [0.4, 0.5) is 5.69 Å². The summed E-state index contributed by atoms with van der Waals surface area (Å²) in [5.74, 6) is 0.0698. The third kappa shape index (κ3) is 4.56. The van der Waals surface area contributed by atoms with Crippen molar-refractivity contribution in [2.75, 3.05) is 31.6 Å². The fourth-order valence-electron chi connectivity index (χ4n) is 2.15. The molecule has 106 valence electrons. The Hall–Kier alpha value is -1.55. The molecule has 0 atom stereocenters. The summed E-state index contributed by atoms with van der Waals surface area (Å²) in [5, 5.41) is 6.03. The van der Waals surface area contributed by atoms with E-state index in [0.29, 0.717) is 13.1 Å². The molecule has 1 rings (SSSR count). The molecule has 0 saturated carbocycles. The van der Waals surface area contributed by atoms with Crippen LogP contribution in [0.2, 0.25) is 0 Å². The standard InChI is InChI=1S/C15H25N3O/c1-5-17-15(19)11-18(6-2)14-8-7-12(3)9-13(14)10-16-4/h7-9,16H,5-6,10-11H2,1-4H3,(H,17,19). The van der Waals surface area contributed by atoms with Crippen molar-refractivity contribution in [1.82, 2.24) is 10.6 Å². The van der Waals surface area contributed by atoms with Crippen LogP contribution < -0.4 is 15.5 Å². The van der Waals surface area contributed by atoms with E-state index in [1.807, 2.05) is 14.0 Å². The van der Waals surface area contributed by atoms with Crippen molar-refractivity contribution in [1.29, 1.82) is 0 Å². The molecular formula is C15H25N3O. The van der Waals surface area contributed by atoms with E-state index >= 15 is 0 Å². The van der Waals surface area contributed by atoms with Crippen LogP contribution in [0.25, 0.3) is 0 Å². The van der Waals surface area contributed by atoms with Gasteiger partial charge in [-0.05, 0) is 39.4 Å². The van der Waals surface area contributed by atoms with Gasteiger partial charge in [0.1, 0.15) is 0 Å². The normalized spacial score (nSPS) is 10.3. The molecule has 1 aromatic rings. The quantitative estimate of drug-likeness (QED) is 0.786. The molecule has 0 radical (unpaired) electrons. The summed E-state index contributed by atoms with van der Waals surface area (Å²) < 4.78 is 0. The molecule has 19 heavy (non-hydrogen) atoms. The van der Waals surface area contributed by atoms with Gasteiger partial charge in [0, 0.05) is 25.3 Å². The fraction of sp³-hybridized carbons (Fsp3) is 0.533. The lowest BCUT2D eigenvalue weighted by Crippen LogP contribution is -2.37. The van der Waals surface area contributed by atoms with Gasteiger partial charge in [-0.15, -0.1) is 0 Å². The molecule has 1 amide bonds. The van der Waals surface area contributed by atoms with Crippen molar-refractivity contribution in [3.63, 3.8) is 0 Å². The van der Waals surface area contributed by atoms with Crippen molar-refractivity contribution in [3.8, 4) is 0 Å². The van der Waals surface area contributed by atoms with Crippen LogP contribution in [0.1, 0.15) is 25.0 Å². The van der Waals surface area contributed by atoms with E-state index in [0.717, 1.165) is 18.8 Å². The zero-order chi connectivity index (χ0) is 14.3. The molecule has 0 saturated heterocycles. The van der Waals surface area contributed by atoms with Crippen LogP contribution in [-0.2, 0) is 11.3 Å². The van der Waals surface area contributed by atoms with Gasteiger partial charge in [0.15, 0.2) is 0 Å². The Morgan fingerprint density at radius 3 is 2.63 bits per heavy atom. The zero-order valence-corrected chi connectivity index (χ0v) is 12.4. The highest BCUT2D eigenvalue weighted by Crippen LogP contribution is 2.21. The maximum atomic E-state index is 11.8. The van der Waals surface area contributed by atoms with E-state index in [1.165, 1.54) is 11.1 Å². The first kappa shape index (κ1) is 15.5. The number of aryl methyl sites for hydroxylation is 1. The fourth-order valence-corrected chi connectivity index (χ4v) is 2.15. The van der Waals surface area contributed by atoms with E-state index in [1.54, 1.807) is 0 Å².